The first-order valence-electron chi connectivity index (χ1n) is 12.7. The fraction of sp³-hybridized carbons (Fsp3) is 0.760. The molecule has 2 aliphatic heterocycles. The molecule has 2 amide bonds. The number of ether oxygens (including phenoxy) is 2. The number of thioether (sulfide) groups is 2. The van der Waals surface area contributed by atoms with Crippen molar-refractivity contribution in [3.63, 3.8) is 0 Å². The summed E-state index contributed by atoms with van der Waals surface area (Å²) in [5, 5.41) is 10.5. The van der Waals surface area contributed by atoms with Gasteiger partial charge in [0.15, 0.2) is 0 Å². The zero-order valence-electron chi connectivity index (χ0n) is 22.0. The van der Waals surface area contributed by atoms with Crippen LogP contribution in [-0.2, 0) is 28.7 Å². The molecule has 204 valence electrons. The molecule has 3 atom stereocenters. The summed E-state index contributed by atoms with van der Waals surface area (Å²) in [6, 6.07) is 0. The molecule has 0 bridgehead atoms. The van der Waals surface area contributed by atoms with Crippen molar-refractivity contribution in [2.75, 3.05) is 50.0 Å². The Morgan fingerprint density at radius 3 is 2.39 bits per heavy atom. The van der Waals surface area contributed by atoms with E-state index in [-0.39, 0.29) is 46.7 Å². The number of hydrogen-bond acceptors (Lipinski definition) is 9. The summed E-state index contributed by atoms with van der Waals surface area (Å²) in [6.07, 6.45) is 2.83. The molecule has 0 aromatic rings. The third kappa shape index (κ3) is 7.12. The van der Waals surface area contributed by atoms with Crippen molar-refractivity contribution in [3.8, 4) is 0 Å². The number of rotatable bonds is 14. The van der Waals surface area contributed by atoms with Crippen LogP contribution in [-0.4, -0.2) is 94.3 Å². The van der Waals surface area contributed by atoms with E-state index >= 15 is 0 Å². The number of carbonyl (C=O) groups is 4. The molecule has 2 heterocycles. The Bertz CT molecular complexity index is 844. The van der Waals surface area contributed by atoms with Crippen LogP contribution in [0.1, 0.15) is 53.9 Å². The number of cyclic esters (lactones) is 1. The van der Waals surface area contributed by atoms with E-state index in [1.807, 2.05) is 25.7 Å². The Labute approximate surface area is 222 Å². The standard InChI is InChI=1S/C25H40N2O7S2/c1-6-11-26(7-2)21(29)17(4)14-35-16-25(24(32)33-8-3)20(19(28)23(31)34-25)36-15-18(5)22(30)27-12-9-10-13-27/h17-18,28H,6-16H2,1-5H3/t17-,18-,25?/m0/s1. The minimum atomic E-state index is -1.81. The third-order valence-corrected chi connectivity index (χ3v) is 9.07. The molecule has 0 aromatic heterocycles. The molecule has 0 radical (unpaired) electrons. The first-order valence-corrected chi connectivity index (χ1v) is 14.9. The average molecular weight is 545 g/mol. The summed E-state index contributed by atoms with van der Waals surface area (Å²) in [5.74, 6) is -2.34. The summed E-state index contributed by atoms with van der Waals surface area (Å²) in [7, 11) is 0. The molecule has 11 heteroatoms. The second kappa shape index (κ2) is 14.2. The normalized spacial score (nSPS) is 21.4. The summed E-state index contributed by atoms with van der Waals surface area (Å²) in [4.78, 5) is 54.7. The van der Waals surface area contributed by atoms with Crippen molar-refractivity contribution in [2.45, 2.75) is 59.5 Å². The maximum atomic E-state index is 13.1. The molecule has 2 aliphatic rings. The molecular weight excluding hydrogens is 504 g/mol. The minimum Gasteiger partial charge on any atom is -0.501 e. The lowest BCUT2D eigenvalue weighted by Gasteiger charge is -2.29. The SMILES string of the molecule is CCCN(CC)C(=O)[C@@H](C)CSCC1(C(=O)OCC)OC(=O)C(O)=C1SC[C@H](C)C(=O)N1CCCC1. The Morgan fingerprint density at radius 2 is 1.81 bits per heavy atom. The van der Waals surface area contributed by atoms with E-state index in [2.05, 4.69) is 0 Å². The van der Waals surface area contributed by atoms with Gasteiger partial charge in [0, 0.05) is 55.3 Å². The van der Waals surface area contributed by atoms with Crippen molar-refractivity contribution in [1.82, 2.24) is 9.80 Å². The lowest BCUT2D eigenvalue weighted by atomic mass is 10.1. The van der Waals surface area contributed by atoms with E-state index in [9.17, 15) is 24.3 Å². The van der Waals surface area contributed by atoms with E-state index in [0.717, 1.165) is 44.1 Å². The van der Waals surface area contributed by atoms with Gasteiger partial charge in [-0.05, 0) is 33.1 Å². The fourth-order valence-corrected chi connectivity index (χ4v) is 6.77. The Hall–Kier alpha value is -1.88. The van der Waals surface area contributed by atoms with Gasteiger partial charge in [-0.15, -0.1) is 11.8 Å². The minimum absolute atomic E-state index is 0.00403. The highest BCUT2D eigenvalue weighted by molar-refractivity contribution is 8.03. The lowest BCUT2D eigenvalue weighted by Crippen LogP contribution is -2.45. The maximum absolute atomic E-state index is 13.1. The summed E-state index contributed by atoms with van der Waals surface area (Å²) >= 11 is 2.37. The average Bonchev–Trinajstić information content (AvgIpc) is 3.48. The number of carbonyl (C=O) groups excluding carboxylic acids is 4. The van der Waals surface area contributed by atoms with Crippen molar-refractivity contribution < 1.29 is 33.8 Å². The molecule has 0 spiro atoms. The van der Waals surface area contributed by atoms with E-state index in [1.54, 1.807) is 18.7 Å². The maximum Gasteiger partial charge on any atom is 0.375 e. The number of esters is 2. The van der Waals surface area contributed by atoms with Crippen LogP contribution in [0.4, 0.5) is 0 Å². The predicted octanol–water partition coefficient (Wildman–Crippen LogP) is 3.23. The van der Waals surface area contributed by atoms with Crippen LogP contribution in [0.25, 0.3) is 0 Å². The van der Waals surface area contributed by atoms with Crippen LogP contribution in [0.3, 0.4) is 0 Å². The van der Waals surface area contributed by atoms with E-state index in [1.165, 1.54) is 11.8 Å². The van der Waals surface area contributed by atoms with E-state index in [0.29, 0.717) is 18.8 Å². The molecule has 1 fully saturated rings. The molecule has 1 unspecified atom stereocenters. The van der Waals surface area contributed by atoms with Crippen LogP contribution >= 0.6 is 23.5 Å². The first kappa shape index (κ1) is 30.3. The second-order valence-corrected chi connectivity index (χ2v) is 11.3. The van der Waals surface area contributed by atoms with Gasteiger partial charge in [0.05, 0.1) is 11.5 Å². The first-order chi connectivity index (χ1) is 17.1. The van der Waals surface area contributed by atoms with Gasteiger partial charge in [0.2, 0.25) is 17.6 Å². The molecule has 1 saturated heterocycles. The van der Waals surface area contributed by atoms with Gasteiger partial charge in [-0.25, -0.2) is 9.59 Å². The van der Waals surface area contributed by atoms with E-state index in [4.69, 9.17) is 9.47 Å². The molecule has 2 rings (SSSR count). The van der Waals surface area contributed by atoms with Crippen LogP contribution in [0.5, 0.6) is 0 Å². The number of amides is 2. The van der Waals surface area contributed by atoms with Crippen molar-refractivity contribution >= 4 is 47.3 Å². The molecule has 36 heavy (non-hydrogen) atoms. The summed E-state index contributed by atoms with van der Waals surface area (Å²) in [5.41, 5.74) is -1.81. The van der Waals surface area contributed by atoms with E-state index < -0.39 is 23.3 Å². The smallest absolute Gasteiger partial charge is 0.375 e. The van der Waals surface area contributed by atoms with Gasteiger partial charge >= 0.3 is 11.9 Å². The van der Waals surface area contributed by atoms with Gasteiger partial charge in [-0.2, -0.15) is 11.8 Å². The predicted molar refractivity (Wildman–Crippen MR) is 142 cm³/mol. The Balaban J connectivity index is 2.15. The van der Waals surface area contributed by atoms with Gasteiger partial charge in [-0.1, -0.05) is 20.8 Å². The van der Waals surface area contributed by atoms with Gasteiger partial charge in [-0.3, -0.25) is 9.59 Å². The number of aliphatic hydroxyl groups is 1. The van der Waals surface area contributed by atoms with Crippen LogP contribution in [0.15, 0.2) is 10.7 Å². The molecule has 0 aliphatic carbocycles. The highest BCUT2D eigenvalue weighted by Crippen LogP contribution is 2.43. The van der Waals surface area contributed by atoms with Crippen molar-refractivity contribution in [3.05, 3.63) is 10.7 Å². The summed E-state index contributed by atoms with van der Waals surface area (Å²) in [6.45, 7) is 12.1. The van der Waals surface area contributed by atoms with Gasteiger partial charge < -0.3 is 24.4 Å². The molecule has 0 saturated carbocycles. The second-order valence-electron chi connectivity index (χ2n) is 9.19. The number of nitrogens with zero attached hydrogens (tertiary/aromatic N) is 2. The fourth-order valence-electron chi connectivity index (χ4n) is 4.24. The topological polar surface area (TPSA) is 113 Å². The zero-order valence-corrected chi connectivity index (χ0v) is 23.7. The largest absolute Gasteiger partial charge is 0.501 e. The Kier molecular flexibility index (Phi) is 11.9. The van der Waals surface area contributed by atoms with Crippen LogP contribution in [0, 0.1) is 11.8 Å². The lowest BCUT2D eigenvalue weighted by molar-refractivity contribution is -0.169. The number of hydrogen-bond donors (Lipinski definition) is 1. The third-order valence-electron chi connectivity index (χ3n) is 6.25. The monoisotopic (exact) mass is 544 g/mol. The van der Waals surface area contributed by atoms with Crippen molar-refractivity contribution in [1.29, 1.82) is 0 Å². The molecule has 1 N–H and O–H groups in total. The quantitative estimate of drug-likeness (QED) is 0.329. The molecule has 9 nitrogen and oxygen atoms in total. The zero-order chi connectivity index (χ0) is 26.9. The Morgan fingerprint density at radius 1 is 1.14 bits per heavy atom. The van der Waals surface area contributed by atoms with Crippen LogP contribution < -0.4 is 0 Å². The number of likely N-dealkylation sites (tertiary alicyclic amines) is 1. The molecule has 0 aromatic carbocycles. The van der Waals surface area contributed by atoms with Gasteiger partial charge in [0.1, 0.15) is 0 Å². The van der Waals surface area contributed by atoms with Gasteiger partial charge in [0.25, 0.3) is 5.60 Å². The summed E-state index contributed by atoms with van der Waals surface area (Å²) < 4.78 is 10.7. The van der Waals surface area contributed by atoms with Crippen LogP contribution in [0.2, 0.25) is 0 Å². The highest BCUT2D eigenvalue weighted by atomic mass is 32.2. The number of aliphatic hydroxyl groups excluding tert-OH is 1. The molecular formula is C25H40N2O7S2. The highest BCUT2D eigenvalue weighted by Gasteiger charge is 2.56. The van der Waals surface area contributed by atoms with Crippen molar-refractivity contribution in [2.24, 2.45) is 11.8 Å².